The molecule has 2 aliphatic carbocycles. The minimum absolute atomic E-state index is 0.468. The lowest BCUT2D eigenvalue weighted by molar-refractivity contribution is -0.401. The average Bonchev–Trinajstić information content (AvgIpc) is 3.62. The molecule has 0 saturated heterocycles. The Morgan fingerprint density at radius 2 is 1.05 bits per heavy atom. The van der Waals surface area contributed by atoms with Gasteiger partial charge in [-0.05, 0) is 240 Å². The van der Waals surface area contributed by atoms with Gasteiger partial charge >= 0.3 is 0 Å². The maximum atomic E-state index is 4.42. The Morgan fingerprint density at radius 3 is 1.60 bits per heavy atom. The van der Waals surface area contributed by atoms with Crippen LogP contribution in [-0.4, -0.2) is 17.3 Å². The van der Waals surface area contributed by atoms with E-state index >= 15 is 0 Å². The Balaban J connectivity index is 0.000000197. The largest absolute Gasteiger partial charge is 0.212 e. The van der Waals surface area contributed by atoms with Gasteiger partial charge < -0.3 is 0 Å². The highest BCUT2D eigenvalue weighted by Gasteiger charge is 2.33. The third-order valence-electron chi connectivity index (χ3n) is 15.0. The summed E-state index contributed by atoms with van der Waals surface area (Å²) in [7, 11) is 2.21. The number of benzene rings is 4. The summed E-state index contributed by atoms with van der Waals surface area (Å²) >= 11 is 0. The second-order valence-electron chi connectivity index (χ2n) is 17.5. The number of hydrogen-bond acceptors (Lipinski definition) is 0. The van der Waals surface area contributed by atoms with Crippen molar-refractivity contribution < 1.29 is 4.58 Å². The lowest BCUT2D eigenvalue weighted by Gasteiger charge is -2.22. The number of allylic oxidation sites excluding steroid dienone is 9. The summed E-state index contributed by atoms with van der Waals surface area (Å²) in [6, 6.07) is 0. The maximum Gasteiger partial charge on any atom is 0.212 e. The monoisotopic (exact) mass is 731 g/mol. The van der Waals surface area contributed by atoms with Crippen LogP contribution in [0.4, 0.5) is 5.69 Å². The smallest absolute Gasteiger partial charge is 0.198 e. The van der Waals surface area contributed by atoms with Crippen LogP contribution in [0.5, 0.6) is 0 Å². The van der Waals surface area contributed by atoms with E-state index in [1.807, 2.05) is 0 Å². The molecule has 0 spiro atoms. The van der Waals surface area contributed by atoms with E-state index < -0.39 is 0 Å². The van der Waals surface area contributed by atoms with Crippen LogP contribution in [0.25, 0.3) is 21.5 Å². The van der Waals surface area contributed by atoms with Crippen molar-refractivity contribution in [3.05, 3.63) is 142 Å². The van der Waals surface area contributed by atoms with E-state index in [-0.39, 0.29) is 0 Å². The number of rotatable bonds is 2. The van der Waals surface area contributed by atoms with Crippen molar-refractivity contribution in [2.45, 2.75) is 149 Å². The Hall–Kier alpha value is -4.23. The lowest BCUT2D eigenvalue weighted by Crippen LogP contribution is -2.05. The zero-order valence-electron chi connectivity index (χ0n) is 37.6. The molecule has 0 amide bonds. The molecule has 4 aromatic rings. The second kappa shape index (κ2) is 15.0. The second-order valence-corrected chi connectivity index (χ2v) is 17.5. The van der Waals surface area contributed by atoms with Crippen molar-refractivity contribution >= 4 is 32.9 Å². The van der Waals surface area contributed by atoms with Crippen molar-refractivity contribution in [3.8, 4) is 0 Å². The van der Waals surface area contributed by atoms with Gasteiger partial charge in [0.05, 0.1) is 6.42 Å². The quantitative estimate of drug-likeness (QED) is 0.181. The standard InChI is InChI=1S/C32H40.C22H28N/c1-17-12-11-13-18(2)28(19(17)3)15-14-27-16-29-30(26(27)10)24(8)25(9)31-22(6)20(4)21(5)23(7)32(29)31;1-9-10-18-11-19-21-15(5)13(3)12(2)14(4)20(21)16(6)17(7)22(19)23(18)8/h14-15,26H,2,11-13,16H2,1,3-10H3;9-10H,11H2,1-8H3/q;+1/b27-14+,28-15+;10-9+. The molecule has 1 heterocycles. The predicted octanol–water partition coefficient (Wildman–Crippen LogP) is 14.8. The highest BCUT2D eigenvalue weighted by Crippen LogP contribution is 2.48. The van der Waals surface area contributed by atoms with Crippen molar-refractivity contribution in [2.24, 2.45) is 0 Å². The molecule has 1 aliphatic heterocycles. The van der Waals surface area contributed by atoms with Crippen LogP contribution in [0.3, 0.4) is 0 Å². The predicted molar refractivity (Wildman–Crippen MR) is 244 cm³/mol. The van der Waals surface area contributed by atoms with E-state index in [9.17, 15) is 0 Å². The Morgan fingerprint density at radius 1 is 0.564 bits per heavy atom. The molecule has 0 bridgehead atoms. The molecule has 0 fully saturated rings. The topological polar surface area (TPSA) is 3.01 Å². The SMILES string of the molecule is C/C=C/C1=[N+](C)c2c(C)c(C)c3c(C)c(C)c(C)c(C)c3c2C1.C=C1CCCC(C)=C(C)/C1=C/C=C1\Cc2c(c(C)c(C)c3c(C)c(C)c(C)c(C)c23)C1C. The molecule has 1 nitrogen and oxygen atoms in total. The first-order valence-corrected chi connectivity index (χ1v) is 20.9. The van der Waals surface area contributed by atoms with E-state index in [0.29, 0.717) is 5.92 Å². The van der Waals surface area contributed by atoms with E-state index in [1.54, 1.807) is 16.7 Å². The summed E-state index contributed by atoms with van der Waals surface area (Å²) < 4.78 is 2.39. The lowest BCUT2D eigenvalue weighted by atomic mass is 9.82. The van der Waals surface area contributed by atoms with Gasteiger partial charge in [-0.25, -0.2) is 0 Å². The Bertz CT molecular complexity index is 2510. The first-order chi connectivity index (χ1) is 25.9. The number of fused-ring (bicyclic) bond motifs is 6. The summed E-state index contributed by atoms with van der Waals surface area (Å²) in [4.78, 5) is 0. The van der Waals surface area contributed by atoms with Gasteiger partial charge in [0, 0.05) is 23.1 Å². The fourth-order valence-corrected chi connectivity index (χ4v) is 10.5. The fourth-order valence-electron chi connectivity index (χ4n) is 10.5. The number of hydrogen-bond donors (Lipinski definition) is 0. The minimum Gasteiger partial charge on any atom is -0.198 e. The molecule has 0 aromatic heterocycles. The third kappa shape index (κ3) is 6.35. The van der Waals surface area contributed by atoms with Crippen molar-refractivity contribution in [1.29, 1.82) is 0 Å². The fraction of sp³-hybridized carbons (Fsp3) is 0.426. The zero-order chi connectivity index (χ0) is 40.5. The molecule has 288 valence electrons. The number of aryl methyl sites for hydroxylation is 6. The Labute approximate surface area is 334 Å². The van der Waals surface area contributed by atoms with E-state index in [4.69, 9.17) is 0 Å². The van der Waals surface area contributed by atoms with Gasteiger partial charge in [0.2, 0.25) is 5.69 Å². The van der Waals surface area contributed by atoms with Crippen LogP contribution in [0.15, 0.2) is 58.7 Å². The molecule has 4 aromatic carbocycles. The van der Waals surface area contributed by atoms with Crippen molar-refractivity contribution in [3.63, 3.8) is 0 Å². The molecule has 1 heteroatoms. The molecule has 1 atom stereocenters. The van der Waals surface area contributed by atoms with E-state index in [2.05, 4.69) is 153 Å². The van der Waals surface area contributed by atoms with Gasteiger partial charge in [-0.1, -0.05) is 42.9 Å². The van der Waals surface area contributed by atoms with Crippen LogP contribution >= 0.6 is 0 Å². The number of nitrogens with zero attached hydrogens (tertiary/aromatic N) is 1. The minimum atomic E-state index is 0.468. The van der Waals surface area contributed by atoms with Crippen LogP contribution < -0.4 is 0 Å². The molecular formula is C54H68N+. The van der Waals surface area contributed by atoms with Crippen LogP contribution in [0, 0.1) is 83.1 Å². The molecule has 3 aliphatic rings. The van der Waals surface area contributed by atoms with E-state index in [1.165, 1.54) is 140 Å². The van der Waals surface area contributed by atoms with Gasteiger partial charge in [-0.15, -0.1) is 0 Å². The van der Waals surface area contributed by atoms with E-state index in [0.717, 1.165) is 19.3 Å². The zero-order valence-corrected chi connectivity index (χ0v) is 37.6. The normalized spacial score (nSPS) is 18.7. The Kier molecular flexibility index (Phi) is 11.0. The highest BCUT2D eigenvalue weighted by atomic mass is 15.0. The van der Waals surface area contributed by atoms with Gasteiger partial charge in [0.25, 0.3) is 0 Å². The summed E-state index contributed by atoms with van der Waals surface area (Å²) in [5.74, 6) is 0.468. The summed E-state index contributed by atoms with van der Waals surface area (Å²) in [6.45, 7) is 41.1. The van der Waals surface area contributed by atoms with Crippen LogP contribution in [0.1, 0.15) is 136 Å². The maximum absolute atomic E-state index is 4.42. The molecule has 0 N–H and O–H groups in total. The van der Waals surface area contributed by atoms with Crippen molar-refractivity contribution in [1.82, 2.24) is 0 Å². The van der Waals surface area contributed by atoms with Gasteiger partial charge in [-0.3, -0.25) is 0 Å². The molecular weight excluding hydrogens is 663 g/mol. The van der Waals surface area contributed by atoms with Crippen LogP contribution in [0.2, 0.25) is 0 Å². The summed E-state index contributed by atoms with van der Waals surface area (Å²) in [6.07, 6.45) is 14.8. The summed E-state index contributed by atoms with van der Waals surface area (Å²) in [5, 5.41) is 6.00. The van der Waals surface area contributed by atoms with Gasteiger partial charge in [0.15, 0.2) is 5.71 Å². The molecule has 0 radical (unpaired) electrons. The van der Waals surface area contributed by atoms with Crippen LogP contribution in [-0.2, 0) is 12.8 Å². The third-order valence-corrected chi connectivity index (χ3v) is 15.0. The average molecular weight is 731 g/mol. The molecule has 0 saturated carbocycles. The first-order valence-electron chi connectivity index (χ1n) is 20.9. The van der Waals surface area contributed by atoms with Crippen molar-refractivity contribution in [2.75, 3.05) is 7.05 Å². The molecule has 1 unspecified atom stereocenters. The first kappa shape index (κ1) is 40.4. The molecule has 7 rings (SSSR count). The summed E-state index contributed by atoms with van der Waals surface area (Å²) in [5.41, 5.74) is 32.1. The van der Waals surface area contributed by atoms with Gasteiger partial charge in [-0.2, -0.15) is 4.58 Å². The molecule has 55 heavy (non-hydrogen) atoms. The van der Waals surface area contributed by atoms with Gasteiger partial charge in [0.1, 0.15) is 7.05 Å². The highest BCUT2D eigenvalue weighted by molar-refractivity contribution is 6.06.